The maximum absolute atomic E-state index is 2.78. The number of rotatable bonds is 4. The van der Waals surface area contributed by atoms with Gasteiger partial charge in [-0.15, -0.1) is 11.3 Å². The van der Waals surface area contributed by atoms with Gasteiger partial charge in [0.15, 0.2) is 0 Å². The number of piperidine rings is 1. The first-order valence-electron chi connectivity index (χ1n) is 8.73. The zero-order valence-corrected chi connectivity index (χ0v) is 14.7. The third-order valence-electron chi connectivity index (χ3n) is 5.28. The second-order valence-electron chi connectivity index (χ2n) is 7.11. The highest BCUT2D eigenvalue weighted by atomic mass is 32.1. The van der Waals surface area contributed by atoms with E-state index in [-0.39, 0.29) is 0 Å². The van der Waals surface area contributed by atoms with E-state index in [1.807, 2.05) is 11.3 Å². The summed E-state index contributed by atoms with van der Waals surface area (Å²) in [6.07, 6.45) is 5.42. The van der Waals surface area contributed by atoms with Gasteiger partial charge in [0.25, 0.3) is 0 Å². The van der Waals surface area contributed by atoms with Crippen molar-refractivity contribution < 1.29 is 0 Å². The molecule has 0 bridgehead atoms. The van der Waals surface area contributed by atoms with E-state index in [0.29, 0.717) is 0 Å². The molecule has 2 aliphatic heterocycles. The van der Waals surface area contributed by atoms with Crippen LogP contribution in [0, 0.1) is 5.92 Å². The predicted molar refractivity (Wildman–Crippen MR) is 91.9 cm³/mol. The Kier molecular flexibility index (Phi) is 5.03. The van der Waals surface area contributed by atoms with Gasteiger partial charge in [0, 0.05) is 41.5 Å². The van der Waals surface area contributed by atoms with E-state index >= 15 is 0 Å². The van der Waals surface area contributed by atoms with Crippen LogP contribution in [0.1, 0.15) is 49.8 Å². The summed E-state index contributed by atoms with van der Waals surface area (Å²) in [6.45, 7) is 12.1. The Morgan fingerprint density at radius 1 is 1.19 bits per heavy atom. The van der Waals surface area contributed by atoms with Crippen LogP contribution in [0.4, 0.5) is 0 Å². The SMILES string of the molecule is CCc1ccc(CN2CC3CCCCN3CC2C(C)C)s1. The molecule has 0 aliphatic carbocycles. The van der Waals surface area contributed by atoms with E-state index in [4.69, 9.17) is 0 Å². The highest BCUT2D eigenvalue weighted by Crippen LogP contribution is 2.29. The number of piperazine rings is 1. The average Bonchev–Trinajstić information content (AvgIpc) is 2.94. The lowest BCUT2D eigenvalue weighted by Gasteiger charge is -2.49. The van der Waals surface area contributed by atoms with Crippen LogP contribution in [0.5, 0.6) is 0 Å². The molecule has 2 nitrogen and oxygen atoms in total. The molecule has 21 heavy (non-hydrogen) atoms. The van der Waals surface area contributed by atoms with Gasteiger partial charge in [0.1, 0.15) is 0 Å². The molecule has 3 rings (SSSR count). The number of hydrogen-bond acceptors (Lipinski definition) is 3. The Bertz CT molecular complexity index is 454. The summed E-state index contributed by atoms with van der Waals surface area (Å²) in [6, 6.07) is 6.22. The summed E-state index contributed by atoms with van der Waals surface area (Å²) in [5.74, 6) is 0.749. The van der Waals surface area contributed by atoms with Gasteiger partial charge in [-0.3, -0.25) is 9.80 Å². The molecule has 0 saturated carbocycles. The first-order valence-corrected chi connectivity index (χ1v) is 9.54. The van der Waals surface area contributed by atoms with Crippen molar-refractivity contribution in [2.45, 2.75) is 65.1 Å². The summed E-state index contributed by atoms with van der Waals surface area (Å²) in [7, 11) is 0. The molecule has 0 spiro atoms. The number of fused-ring (bicyclic) bond motifs is 1. The summed E-state index contributed by atoms with van der Waals surface area (Å²) >= 11 is 2.01. The average molecular weight is 307 g/mol. The van der Waals surface area contributed by atoms with Gasteiger partial charge in [-0.2, -0.15) is 0 Å². The quantitative estimate of drug-likeness (QED) is 0.829. The van der Waals surface area contributed by atoms with Crippen LogP contribution < -0.4 is 0 Å². The lowest BCUT2D eigenvalue weighted by molar-refractivity contribution is -0.0113. The van der Waals surface area contributed by atoms with E-state index in [1.165, 1.54) is 50.2 Å². The Balaban J connectivity index is 1.71. The molecular formula is C18H30N2S. The topological polar surface area (TPSA) is 6.48 Å². The summed E-state index contributed by atoms with van der Waals surface area (Å²) in [4.78, 5) is 8.64. The number of hydrogen-bond donors (Lipinski definition) is 0. The van der Waals surface area contributed by atoms with E-state index in [1.54, 1.807) is 4.88 Å². The van der Waals surface area contributed by atoms with E-state index in [9.17, 15) is 0 Å². The molecule has 0 N–H and O–H groups in total. The van der Waals surface area contributed by atoms with Crippen molar-refractivity contribution >= 4 is 11.3 Å². The van der Waals surface area contributed by atoms with Crippen molar-refractivity contribution in [3.8, 4) is 0 Å². The Hall–Kier alpha value is -0.380. The Morgan fingerprint density at radius 3 is 2.71 bits per heavy atom. The molecule has 2 atom stereocenters. The molecule has 118 valence electrons. The minimum absolute atomic E-state index is 0.728. The van der Waals surface area contributed by atoms with Crippen molar-refractivity contribution in [3.63, 3.8) is 0 Å². The second kappa shape index (κ2) is 6.80. The molecular weight excluding hydrogens is 276 g/mol. The smallest absolute Gasteiger partial charge is 0.0332 e. The van der Waals surface area contributed by atoms with Crippen LogP contribution in [-0.4, -0.2) is 41.5 Å². The van der Waals surface area contributed by atoms with Gasteiger partial charge in [0.05, 0.1) is 0 Å². The third kappa shape index (κ3) is 3.52. The molecule has 3 heteroatoms. The van der Waals surface area contributed by atoms with Crippen LogP contribution >= 0.6 is 11.3 Å². The van der Waals surface area contributed by atoms with Gasteiger partial charge in [-0.1, -0.05) is 27.2 Å². The third-order valence-corrected chi connectivity index (χ3v) is 6.49. The predicted octanol–water partition coefficient (Wildman–Crippen LogP) is 4.01. The van der Waals surface area contributed by atoms with E-state index in [2.05, 4.69) is 42.7 Å². The maximum Gasteiger partial charge on any atom is 0.0332 e. The molecule has 2 saturated heterocycles. The van der Waals surface area contributed by atoms with Gasteiger partial charge in [0.2, 0.25) is 0 Å². The highest BCUT2D eigenvalue weighted by Gasteiger charge is 2.36. The minimum atomic E-state index is 0.728. The fourth-order valence-electron chi connectivity index (χ4n) is 3.98. The van der Waals surface area contributed by atoms with Crippen molar-refractivity contribution in [2.24, 2.45) is 5.92 Å². The van der Waals surface area contributed by atoms with Crippen molar-refractivity contribution in [1.82, 2.24) is 9.80 Å². The number of thiophene rings is 1. The Labute approximate surface area is 134 Å². The molecule has 1 aromatic heterocycles. The van der Waals surface area contributed by atoms with Crippen molar-refractivity contribution in [3.05, 3.63) is 21.9 Å². The molecule has 2 aliphatic rings. The molecule has 2 fully saturated rings. The summed E-state index contributed by atoms with van der Waals surface area (Å²) in [5.41, 5.74) is 0. The van der Waals surface area contributed by atoms with E-state index in [0.717, 1.165) is 24.5 Å². The fourth-order valence-corrected chi connectivity index (χ4v) is 4.96. The summed E-state index contributed by atoms with van der Waals surface area (Å²) in [5, 5.41) is 0. The van der Waals surface area contributed by atoms with Crippen LogP contribution in [0.2, 0.25) is 0 Å². The van der Waals surface area contributed by atoms with E-state index < -0.39 is 0 Å². The normalized spacial score (nSPS) is 28.0. The molecule has 0 radical (unpaired) electrons. The Morgan fingerprint density at radius 2 is 2.00 bits per heavy atom. The van der Waals surface area contributed by atoms with Gasteiger partial charge < -0.3 is 0 Å². The zero-order chi connectivity index (χ0) is 14.8. The monoisotopic (exact) mass is 306 g/mol. The zero-order valence-electron chi connectivity index (χ0n) is 13.8. The standard InChI is InChI=1S/C18H30N2S/c1-4-16-8-9-17(21-16)12-20-11-15-7-5-6-10-19(15)13-18(20)14(2)3/h8-9,14-15,18H,4-7,10-13H2,1-3H3. The lowest BCUT2D eigenvalue weighted by Crippen LogP contribution is -2.60. The number of nitrogens with zero attached hydrogens (tertiary/aromatic N) is 2. The van der Waals surface area contributed by atoms with Crippen LogP contribution in [0.25, 0.3) is 0 Å². The largest absolute Gasteiger partial charge is 0.298 e. The first kappa shape index (κ1) is 15.5. The first-order chi connectivity index (χ1) is 10.2. The highest BCUT2D eigenvalue weighted by molar-refractivity contribution is 7.11. The molecule has 3 heterocycles. The maximum atomic E-state index is 2.78. The number of aryl methyl sites for hydroxylation is 1. The fraction of sp³-hybridized carbons (Fsp3) is 0.778. The van der Waals surface area contributed by atoms with Crippen LogP contribution in [0.15, 0.2) is 12.1 Å². The molecule has 1 aromatic rings. The van der Waals surface area contributed by atoms with Gasteiger partial charge >= 0.3 is 0 Å². The van der Waals surface area contributed by atoms with Crippen LogP contribution in [0.3, 0.4) is 0 Å². The molecule has 2 unspecified atom stereocenters. The van der Waals surface area contributed by atoms with Crippen molar-refractivity contribution in [1.29, 1.82) is 0 Å². The van der Waals surface area contributed by atoms with Gasteiger partial charge in [-0.05, 0) is 43.9 Å². The minimum Gasteiger partial charge on any atom is -0.298 e. The van der Waals surface area contributed by atoms with Crippen molar-refractivity contribution in [2.75, 3.05) is 19.6 Å². The van der Waals surface area contributed by atoms with Crippen LogP contribution in [-0.2, 0) is 13.0 Å². The molecule has 0 aromatic carbocycles. The summed E-state index contributed by atoms with van der Waals surface area (Å²) < 4.78 is 0. The van der Waals surface area contributed by atoms with Gasteiger partial charge in [-0.25, -0.2) is 0 Å². The lowest BCUT2D eigenvalue weighted by atomic mass is 9.92. The molecule has 0 amide bonds. The second-order valence-corrected chi connectivity index (χ2v) is 8.36.